The summed E-state index contributed by atoms with van der Waals surface area (Å²) in [6.45, 7) is -1.60. The molecule has 134 valence electrons. The lowest BCUT2D eigenvalue weighted by Crippen LogP contribution is -2.40. The molecule has 5 nitrogen and oxygen atoms in total. The van der Waals surface area contributed by atoms with E-state index in [2.05, 4.69) is 15.2 Å². The zero-order chi connectivity index (χ0) is 18.5. The Kier molecular flexibility index (Phi) is 3.46. The summed E-state index contributed by atoms with van der Waals surface area (Å²) in [6.07, 6.45) is -1.48. The van der Waals surface area contributed by atoms with Gasteiger partial charge < -0.3 is 0 Å². The average molecular weight is 367 g/mol. The first-order valence-corrected chi connectivity index (χ1v) is 7.45. The van der Waals surface area contributed by atoms with E-state index in [1.54, 1.807) is 6.20 Å². The molecule has 0 atom stereocenters. The standard InChI is InChI=1S/C16H10F5N5/c17-15(18,16(19,20)21)9-26-13-7-22-14(5-11(13)6-23-26)25-8-10-3-1-2-4-12(10)24-25/h1-8H,9H2. The highest BCUT2D eigenvalue weighted by Crippen LogP contribution is 2.37. The van der Waals surface area contributed by atoms with Gasteiger partial charge in [-0.25, -0.2) is 9.67 Å². The van der Waals surface area contributed by atoms with Crippen molar-refractivity contribution in [3.8, 4) is 5.82 Å². The summed E-state index contributed by atoms with van der Waals surface area (Å²) < 4.78 is 65.8. The minimum Gasteiger partial charge on any atom is -0.257 e. The zero-order valence-corrected chi connectivity index (χ0v) is 13.0. The summed E-state index contributed by atoms with van der Waals surface area (Å²) in [5.41, 5.74) is 0.823. The van der Waals surface area contributed by atoms with Crippen molar-refractivity contribution in [2.45, 2.75) is 18.6 Å². The molecule has 4 aromatic rings. The molecule has 3 aromatic heterocycles. The Morgan fingerprint density at radius 1 is 0.962 bits per heavy atom. The summed E-state index contributed by atoms with van der Waals surface area (Å²) >= 11 is 0. The summed E-state index contributed by atoms with van der Waals surface area (Å²) in [7, 11) is 0. The number of halogens is 5. The van der Waals surface area contributed by atoms with Gasteiger partial charge in [0, 0.05) is 17.0 Å². The van der Waals surface area contributed by atoms with Crippen LogP contribution in [0.15, 0.2) is 48.9 Å². The smallest absolute Gasteiger partial charge is 0.257 e. The number of aromatic nitrogens is 5. The maximum atomic E-state index is 13.3. The van der Waals surface area contributed by atoms with Gasteiger partial charge in [0.1, 0.15) is 6.54 Å². The maximum Gasteiger partial charge on any atom is 0.455 e. The average Bonchev–Trinajstić information content (AvgIpc) is 3.17. The van der Waals surface area contributed by atoms with Crippen LogP contribution in [0.3, 0.4) is 0 Å². The Hall–Kier alpha value is -3.04. The van der Waals surface area contributed by atoms with Crippen LogP contribution in [-0.2, 0) is 6.54 Å². The molecule has 10 heteroatoms. The molecule has 26 heavy (non-hydrogen) atoms. The van der Waals surface area contributed by atoms with Crippen LogP contribution >= 0.6 is 0 Å². The number of rotatable bonds is 3. The van der Waals surface area contributed by atoms with E-state index in [0.29, 0.717) is 15.9 Å². The summed E-state index contributed by atoms with van der Waals surface area (Å²) in [5, 5.41) is 9.25. The third-order valence-corrected chi connectivity index (χ3v) is 3.93. The zero-order valence-electron chi connectivity index (χ0n) is 13.0. The third kappa shape index (κ3) is 2.67. The first-order chi connectivity index (χ1) is 12.2. The van der Waals surface area contributed by atoms with Crippen LogP contribution in [0.4, 0.5) is 22.0 Å². The molecule has 0 N–H and O–H groups in total. The predicted molar refractivity (Wildman–Crippen MR) is 83.2 cm³/mol. The van der Waals surface area contributed by atoms with Crippen molar-refractivity contribution < 1.29 is 22.0 Å². The van der Waals surface area contributed by atoms with Gasteiger partial charge in [0.15, 0.2) is 5.82 Å². The van der Waals surface area contributed by atoms with Crippen LogP contribution in [0.1, 0.15) is 0 Å². The van der Waals surface area contributed by atoms with Gasteiger partial charge in [-0.2, -0.15) is 32.1 Å². The van der Waals surface area contributed by atoms with Gasteiger partial charge in [-0.1, -0.05) is 18.2 Å². The second-order valence-electron chi connectivity index (χ2n) is 5.74. The normalized spacial score (nSPS) is 13.0. The number of benzene rings is 1. The number of hydrogen-bond donors (Lipinski definition) is 0. The van der Waals surface area contributed by atoms with Crippen LogP contribution in [-0.4, -0.2) is 36.6 Å². The molecular formula is C16H10F5N5. The van der Waals surface area contributed by atoms with Gasteiger partial charge in [-0.05, 0) is 12.1 Å². The molecule has 4 rings (SSSR count). The monoisotopic (exact) mass is 367 g/mol. The number of alkyl halides is 5. The predicted octanol–water partition coefficient (Wildman–Crippen LogP) is 3.97. The number of fused-ring (bicyclic) bond motifs is 2. The van der Waals surface area contributed by atoms with Gasteiger partial charge >= 0.3 is 12.1 Å². The molecule has 0 fully saturated rings. The molecule has 0 saturated carbocycles. The van der Waals surface area contributed by atoms with E-state index in [0.717, 1.165) is 10.9 Å². The van der Waals surface area contributed by atoms with E-state index in [4.69, 9.17) is 0 Å². The van der Waals surface area contributed by atoms with E-state index in [-0.39, 0.29) is 5.52 Å². The molecular weight excluding hydrogens is 357 g/mol. The highest BCUT2D eigenvalue weighted by atomic mass is 19.4. The fourth-order valence-corrected chi connectivity index (χ4v) is 2.58. The Morgan fingerprint density at radius 3 is 2.46 bits per heavy atom. The minimum atomic E-state index is -5.65. The third-order valence-electron chi connectivity index (χ3n) is 3.93. The number of nitrogens with zero attached hydrogens (tertiary/aromatic N) is 5. The lowest BCUT2D eigenvalue weighted by atomic mass is 10.3. The van der Waals surface area contributed by atoms with Crippen LogP contribution in [0.5, 0.6) is 0 Å². The van der Waals surface area contributed by atoms with E-state index in [9.17, 15) is 22.0 Å². The maximum absolute atomic E-state index is 13.3. The van der Waals surface area contributed by atoms with Crippen molar-refractivity contribution >= 4 is 21.8 Å². The van der Waals surface area contributed by atoms with Crippen molar-refractivity contribution in [2.75, 3.05) is 0 Å². The molecule has 0 radical (unpaired) electrons. The van der Waals surface area contributed by atoms with Gasteiger partial charge in [0.25, 0.3) is 0 Å². The fraction of sp³-hybridized carbons (Fsp3) is 0.188. The molecule has 0 saturated heterocycles. The largest absolute Gasteiger partial charge is 0.455 e. The Balaban J connectivity index is 1.71. The Labute approximate surface area is 142 Å². The van der Waals surface area contributed by atoms with E-state index < -0.39 is 18.6 Å². The van der Waals surface area contributed by atoms with Crippen molar-refractivity contribution in [3.05, 3.63) is 48.9 Å². The van der Waals surface area contributed by atoms with Gasteiger partial charge in [-0.3, -0.25) is 4.68 Å². The van der Waals surface area contributed by atoms with Crippen LogP contribution < -0.4 is 0 Å². The Morgan fingerprint density at radius 2 is 1.73 bits per heavy atom. The van der Waals surface area contributed by atoms with Gasteiger partial charge in [0.05, 0.1) is 23.4 Å². The highest BCUT2D eigenvalue weighted by molar-refractivity contribution is 5.80. The topological polar surface area (TPSA) is 48.5 Å². The van der Waals surface area contributed by atoms with Gasteiger partial charge in [-0.15, -0.1) is 0 Å². The summed E-state index contributed by atoms with van der Waals surface area (Å²) in [5.74, 6) is -4.49. The molecule has 0 unspecified atom stereocenters. The van der Waals surface area contributed by atoms with Gasteiger partial charge in [0.2, 0.25) is 0 Å². The fourth-order valence-electron chi connectivity index (χ4n) is 2.58. The van der Waals surface area contributed by atoms with Crippen molar-refractivity contribution in [1.82, 2.24) is 24.5 Å². The molecule has 0 aliphatic carbocycles. The highest BCUT2D eigenvalue weighted by Gasteiger charge is 2.57. The molecule has 0 aliphatic rings. The second kappa shape index (κ2) is 5.48. The van der Waals surface area contributed by atoms with Crippen LogP contribution in [0, 0.1) is 0 Å². The van der Waals surface area contributed by atoms with E-state index in [1.165, 1.54) is 23.1 Å². The second-order valence-corrected chi connectivity index (χ2v) is 5.74. The van der Waals surface area contributed by atoms with Crippen LogP contribution in [0.25, 0.3) is 27.6 Å². The SMILES string of the molecule is FC(F)(F)C(F)(F)Cn1ncc2cc(-n3cc4ccccc4n3)ncc21. The molecule has 0 aliphatic heterocycles. The molecule has 1 aromatic carbocycles. The summed E-state index contributed by atoms with van der Waals surface area (Å²) in [4.78, 5) is 4.11. The lowest BCUT2D eigenvalue weighted by Gasteiger charge is -2.19. The first kappa shape index (κ1) is 16.4. The molecule has 3 heterocycles. The van der Waals surface area contributed by atoms with E-state index in [1.807, 2.05) is 24.3 Å². The molecule has 0 amide bonds. The van der Waals surface area contributed by atoms with Crippen molar-refractivity contribution in [1.29, 1.82) is 0 Å². The summed E-state index contributed by atoms with van der Waals surface area (Å²) in [6, 6.07) is 8.91. The van der Waals surface area contributed by atoms with Crippen LogP contribution in [0.2, 0.25) is 0 Å². The lowest BCUT2D eigenvalue weighted by molar-refractivity contribution is -0.287. The van der Waals surface area contributed by atoms with E-state index >= 15 is 0 Å². The number of pyridine rings is 1. The van der Waals surface area contributed by atoms with Crippen molar-refractivity contribution in [2.24, 2.45) is 0 Å². The first-order valence-electron chi connectivity index (χ1n) is 7.45. The molecule has 0 bridgehead atoms. The molecule has 0 spiro atoms. The minimum absolute atomic E-state index is 0.0781. The number of hydrogen-bond acceptors (Lipinski definition) is 3. The quantitative estimate of drug-likeness (QED) is 0.515. The van der Waals surface area contributed by atoms with Crippen molar-refractivity contribution in [3.63, 3.8) is 0 Å². The Bertz CT molecular complexity index is 1060.